The Balaban J connectivity index is 0.00000213. The fraction of sp³-hybridized carbons (Fsp3) is 0.564. The van der Waals surface area contributed by atoms with Crippen LogP contribution in [0.4, 0.5) is 0 Å². The first kappa shape index (κ1) is 34.5. The molecule has 1 N–H and O–H groups in total. The molecule has 0 spiro atoms. The third-order valence-corrected chi connectivity index (χ3v) is 10.1. The molecule has 1 amide bonds. The zero-order valence-corrected chi connectivity index (χ0v) is 29.9. The van der Waals surface area contributed by atoms with Crippen LogP contribution in [0.2, 0.25) is 0 Å². The first-order chi connectivity index (χ1) is 22.3. The normalized spacial score (nSPS) is 24.4. The highest BCUT2D eigenvalue weighted by molar-refractivity contribution is 5.98. The van der Waals surface area contributed by atoms with Gasteiger partial charge in [0, 0.05) is 0 Å². The molecular formula is C39H53N3O5. The van der Waals surface area contributed by atoms with Crippen molar-refractivity contribution < 1.29 is 23.8 Å². The van der Waals surface area contributed by atoms with Gasteiger partial charge in [0.25, 0.3) is 5.91 Å². The molecule has 8 heteroatoms. The average Bonchev–Trinajstić information content (AvgIpc) is 3.47. The molecule has 8 nitrogen and oxygen atoms in total. The molecule has 4 aliphatic carbocycles. The van der Waals surface area contributed by atoms with Gasteiger partial charge >= 0.3 is 5.97 Å². The van der Waals surface area contributed by atoms with Crippen LogP contribution in [0.25, 0.3) is 16.9 Å². The van der Waals surface area contributed by atoms with Gasteiger partial charge in [-0.1, -0.05) is 51.5 Å². The summed E-state index contributed by atoms with van der Waals surface area (Å²) in [6, 6.07) is 13.7. The van der Waals surface area contributed by atoms with E-state index in [4.69, 9.17) is 19.3 Å². The molecule has 1 heterocycles. The summed E-state index contributed by atoms with van der Waals surface area (Å²) in [5.74, 6) is 2.04. The summed E-state index contributed by atoms with van der Waals surface area (Å²) in [5.41, 5.74) is 2.96. The van der Waals surface area contributed by atoms with Crippen LogP contribution >= 0.6 is 0 Å². The number of aromatic nitrogens is 2. The highest BCUT2D eigenvalue weighted by Gasteiger charge is 2.63. The van der Waals surface area contributed by atoms with Crippen LogP contribution < -0.4 is 14.8 Å². The van der Waals surface area contributed by atoms with Gasteiger partial charge in [-0.2, -0.15) is 5.10 Å². The quantitative estimate of drug-likeness (QED) is 0.249. The van der Waals surface area contributed by atoms with E-state index < -0.39 is 11.1 Å². The first-order valence-corrected chi connectivity index (χ1v) is 17.3. The maximum Gasteiger partial charge on any atom is 0.332 e. The number of benzene rings is 2. The van der Waals surface area contributed by atoms with Gasteiger partial charge in [0.15, 0.2) is 5.69 Å². The second-order valence-electron chi connectivity index (χ2n) is 14.7. The predicted molar refractivity (Wildman–Crippen MR) is 185 cm³/mol. The number of rotatable bonds is 8. The van der Waals surface area contributed by atoms with Crippen LogP contribution in [0.5, 0.6) is 11.5 Å². The molecule has 254 valence electrons. The second-order valence-corrected chi connectivity index (χ2v) is 14.7. The smallest absolute Gasteiger partial charge is 0.332 e. The Morgan fingerprint density at radius 1 is 0.915 bits per heavy atom. The number of carbonyl (C=O) groups excluding carboxylic acids is 2. The Morgan fingerprint density at radius 3 is 2.00 bits per heavy atom. The standard InChI is InChI=1S/C37H47N3O5.C2H6/c1-21(2)27-14-22(3)12-13-29(27)40-30(33-31(43-7)10-9-11-32(33)44-8)20-28(39-40)34(41)38-37(35(42)45-36(4,5)6)25-16-23-15-24(18-25)19-26(37)17-23;1-2/h9-14,20-21,23-26H,15-19H2,1-8H3,(H,38,41);1-2H3. The van der Waals surface area contributed by atoms with Gasteiger partial charge in [0.2, 0.25) is 0 Å². The molecule has 0 unspecified atom stereocenters. The van der Waals surface area contributed by atoms with Crippen molar-refractivity contribution in [3.63, 3.8) is 0 Å². The van der Waals surface area contributed by atoms with E-state index in [1.54, 1.807) is 20.3 Å². The fourth-order valence-corrected chi connectivity index (χ4v) is 8.42. The van der Waals surface area contributed by atoms with Crippen molar-refractivity contribution in [2.45, 2.75) is 105 Å². The summed E-state index contributed by atoms with van der Waals surface area (Å²) in [7, 11) is 3.24. The topological polar surface area (TPSA) is 91.7 Å². The van der Waals surface area contributed by atoms with Crippen LogP contribution in [0.3, 0.4) is 0 Å². The Bertz CT molecular complexity index is 1560. The average molecular weight is 644 g/mol. The number of amides is 1. The van der Waals surface area contributed by atoms with Crippen LogP contribution in [0, 0.1) is 30.6 Å². The van der Waals surface area contributed by atoms with Gasteiger partial charge in [0.05, 0.1) is 31.2 Å². The zero-order chi connectivity index (χ0) is 34.3. The van der Waals surface area contributed by atoms with Crippen molar-refractivity contribution >= 4 is 11.9 Å². The third-order valence-electron chi connectivity index (χ3n) is 10.1. The predicted octanol–water partition coefficient (Wildman–Crippen LogP) is 8.28. The van der Waals surface area contributed by atoms with E-state index in [2.05, 4.69) is 38.2 Å². The van der Waals surface area contributed by atoms with Crippen molar-refractivity contribution in [1.82, 2.24) is 15.1 Å². The van der Waals surface area contributed by atoms with Crippen molar-refractivity contribution in [2.24, 2.45) is 23.7 Å². The summed E-state index contributed by atoms with van der Waals surface area (Å²) < 4.78 is 19.5. The van der Waals surface area contributed by atoms with E-state index in [1.165, 1.54) is 6.42 Å². The molecule has 4 bridgehead atoms. The van der Waals surface area contributed by atoms with Crippen molar-refractivity contribution in [3.8, 4) is 28.4 Å². The molecule has 47 heavy (non-hydrogen) atoms. The van der Waals surface area contributed by atoms with Gasteiger partial charge in [0.1, 0.15) is 22.6 Å². The minimum atomic E-state index is -1.07. The second kappa shape index (κ2) is 13.4. The van der Waals surface area contributed by atoms with E-state index in [0.29, 0.717) is 34.6 Å². The maximum atomic E-state index is 14.5. The lowest BCUT2D eigenvalue weighted by molar-refractivity contribution is -0.180. The number of aryl methyl sites for hydroxylation is 1. The maximum absolute atomic E-state index is 14.5. The summed E-state index contributed by atoms with van der Waals surface area (Å²) >= 11 is 0. The number of hydrogen-bond donors (Lipinski definition) is 1. The SMILES string of the molecule is CC.COc1cccc(OC)c1-c1cc(C(=O)NC2(C(=O)OC(C)(C)C)C3CC4CC(C3)CC2C4)nn1-c1ccc(C)cc1C(C)C. The van der Waals surface area contributed by atoms with Crippen LogP contribution in [-0.4, -0.2) is 47.0 Å². The molecule has 0 atom stereocenters. The Kier molecular flexibility index (Phi) is 9.82. The van der Waals surface area contributed by atoms with Gasteiger partial charge in [-0.3, -0.25) is 4.79 Å². The molecule has 2 aromatic carbocycles. The van der Waals surface area contributed by atoms with Crippen molar-refractivity contribution in [2.75, 3.05) is 14.2 Å². The minimum absolute atomic E-state index is 0.0491. The van der Waals surface area contributed by atoms with Crippen molar-refractivity contribution in [1.29, 1.82) is 0 Å². The fourth-order valence-electron chi connectivity index (χ4n) is 8.42. The van der Waals surface area contributed by atoms with E-state index in [-0.39, 0.29) is 35.3 Å². The van der Waals surface area contributed by atoms with Gasteiger partial charge in [-0.15, -0.1) is 0 Å². The lowest BCUT2D eigenvalue weighted by atomic mass is 9.48. The number of esters is 1. The Labute approximate surface area is 280 Å². The highest BCUT2D eigenvalue weighted by atomic mass is 16.6. The molecule has 0 radical (unpaired) electrons. The molecular weight excluding hydrogens is 590 g/mol. The Morgan fingerprint density at radius 2 is 1.49 bits per heavy atom. The van der Waals surface area contributed by atoms with E-state index in [9.17, 15) is 9.59 Å². The van der Waals surface area contributed by atoms with E-state index in [1.807, 2.05) is 63.6 Å². The molecule has 0 saturated heterocycles. The summed E-state index contributed by atoms with van der Waals surface area (Å²) in [4.78, 5) is 28.6. The van der Waals surface area contributed by atoms with E-state index >= 15 is 0 Å². The zero-order valence-electron chi connectivity index (χ0n) is 29.9. The number of hydrogen-bond acceptors (Lipinski definition) is 6. The molecule has 3 aromatic rings. The van der Waals surface area contributed by atoms with Crippen LogP contribution in [0.1, 0.15) is 108 Å². The van der Waals surface area contributed by atoms with Crippen molar-refractivity contribution in [3.05, 3.63) is 59.3 Å². The number of ether oxygens (including phenoxy) is 3. The molecule has 4 fully saturated rings. The molecule has 4 aliphatic rings. The Hall–Kier alpha value is -3.81. The van der Waals surface area contributed by atoms with Gasteiger partial charge < -0.3 is 19.5 Å². The lowest BCUT2D eigenvalue weighted by Crippen LogP contribution is -2.71. The van der Waals surface area contributed by atoms with Gasteiger partial charge in [-0.25, -0.2) is 9.48 Å². The largest absolute Gasteiger partial charge is 0.496 e. The molecule has 0 aliphatic heterocycles. The number of nitrogens with zero attached hydrogens (tertiary/aromatic N) is 2. The number of nitrogens with one attached hydrogen (secondary N) is 1. The lowest BCUT2D eigenvalue weighted by Gasteiger charge is -2.59. The minimum Gasteiger partial charge on any atom is -0.496 e. The molecule has 4 saturated carbocycles. The summed E-state index contributed by atoms with van der Waals surface area (Å²) in [6.07, 6.45) is 4.98. The third kappa shape index (κ3) is 6.40. The number of methoxy groups -OCH3 is 2. The number of carbonyl (C=O) groups is 2. The summed E-state index contributed by atoms with van der Waals surface area (Å²) in [5, 5.41) is 8.28. The highest BCUT2D eigenvalue weighted by Crippen LogP contribution is 2.59. The molecule has 1 aromatic heterocycles. The van der Waals surface area contributed by atoms with Crippen LogP contribution in [0.15, 0.2) is 42.5 Å². The van der Waals surface area contributed by atoms with Crippen LogP contribution in [-0.2, 0) is 9.53 Å². The summed E-state index contributed by atoms with van der Waals surface area (Å²) in [6.45, 7) is 16.0. The monoisotopic (exact) mass is 643 g/mol. The van der Waals surface area contributed by atoms with E-state index in [0.717, 1.165) is 42.5 Å². The first-order valence-electron chi connectivity index (χ1n) is 17.3. The van der Waals surface area contributed by atoms with Gasteiger partial charge in [-0.05, 0) is 119 Å². The molecule has 7 rings (SSSR count).